The van der Waals surface area contributed by atoms with Crippen molar-refractivity contribution in [3.05, 3.63) is 81.5 Å². The number of hydrogen-bond donors (Lipinski definition) is 1. The van der Waals surface area contributed by atoms with Crippen LogP contribution in [0.1, 0.15) is 12.6 Å². The average Bonchev–Trinajstić information content (AvgIpc) is 2.63. The van der Waals surface area contributed by atoms with E-state index < -0.39 is 11.7 Å². The molecule has 0 radical (unpaired) electrons. The second-order valence-corrected chi connectivity index (χ2v) is 6.35. The normalized spacial score (nSPS) is 10.6. The van der Waals surface area contributed by atoms with Crippen LogP contribution in [-0.2, 0) is 17.8 Å². The molecule has 0 aliphatic carbocycles. The largest absolute Gasteiger partial charge is 0.324 e. The van der Waals surface area contributed by atoms with E-state index in [1.807, 2.05) is 6.92 Å². The van der Waals surface area contributed by atoms with Crippen LogP contribution in [-0.4, -0.2) is 15.5 Å². The Balaban J connectivity index is 1.96. The van der Waals surface area contributed by atoms with Gasteiger partial charge in [-0.25, -0.2) is 9.37 Å². The molecule has 1 aromatic heterocycles. The van der Waals surface area contributed by atoms with E-state index in [0.29, 0.717) is 28.4 Å². The van der Waals surface area contributed by atoms with Crippen LogP contribution in [0.2, 0.25) is 5.02 Å². The number of aryl methyl sites for hydroxylation is 1. The van der Waals surface area contributed by atoms with Crippen molar-refractivity contribution in [3.63, 3.8) is 0 Å². The van der Waals surface area contributed by atoms with Crippen molar-refractivity contribution < 1.29 is 9.18 Å². The van der Waals surface area contributed by atoms with Crippen LogP contribution in [0.25, 0.3) is 11.4 Å². The molecule has 0 bridgehead atoms. The molecule has 3 rings (SSSR count). The van der Waals surface area contributed by atoms with Crippen molar-refractivity contribution in [2.24, 2.45) is 0 Å². The second kappa shape index (κ2) is 8.14. The molecule has 0 spiro atoms. The molecule has 0 saturated heterocycles. The lowest BCUT2D eigenvalue weighted by atomic mass is 10.2. The van der Waals surface area contributed by atoms with Gasteiger partial charge in [-0.15, -0.1) is 0 Å². The molecule has 0 atom stereocenters. The lowest BCUT2D eigenvalue weighted by Crippen LogP contribution is -2.30. The van der Waals surface area contributed by atoms with Gasteiger partial charge < -0.3 is 5.32 Å². The molecule has 3 aromatic rings. The topological polar surface area (TPSA) is 64.0 Å². The smallest absolute Gasteiger partial charge is 0.254 e. The Labute approximate surface area is 160 Å². The van der Waals surface area contributed by atoms with Gasteiger partial charge in [-0.1, -0.05) is 36.7 Å². The van der Waals surface area contributed by atoms with Gasteiger partial charge in [0.1, 0.15) is 18.2 Å². The number of anilines is 1. The third-order valence-corrected chi connectivity index (χ3v) is 4.15. The summed E-state index contributed by atoms with van der Waals surface area (Å²) >= 11 is 5.92. The summed E-state index contributed by atoms with van der Waals surface area (Å²) in [5.41, 5.74) is 1.15. The van der Waals surface area contributed by atoms with Crippen LogP contribution >= 0.6 is 11.6 Å². The first-order chi connectivity index (χ1) is 13.0. The number of halogens is 2. The Hall–Kier alpha value is -2.99. The molecular formula is C20H17ClFN3O2. The van der Waals surface area contributed by atoms with Crippen LogP contribution in [0.3, 0.4) is 0 Å². The van der Waals surface area contributed by atoms with Gasteiger partial charge in [0.05, 0.1) is 0 Å². The van der Waals surface area contributed by atoms with Crippen LogP contribution in [0.15, 0.2) is 59.4 Å². The molecule has 7 heteroatoms. The zero-order valence-electron chi connectivity index (χ0n) is 14.6. The Morgan fingerprint density at radius 3 is 2.67 bits per heavy atom. The van der Waals surface area contributed by atoms with Gasteiger partial charge in [-0.3, -0.25) is 14.2 Å². The fourth-order valence-corrected chi connectivity index (χ4v) is 2.84. The fraction of sp³-hybridized carbons (Fsp3) is 0.150. The fourth-order valence-electron chi connectivity index (χ4n) is 2.65. The summed E-state index contributed by atoms with van der Waals surface area (Å²) in [6.07, 6.45) is 0.549. The van der Waals surface area contributed by atoms with Crippen molar-refractivity contribution in [1.29, 1.82) is 0 Å². The number of rotatable bonds is 5. The zero-order chi connectivity index (χ0) is 19.4. The summed E-state index contributed by atoms with van der Waals surface area (Å²) in [4.78, 5) is 29.4. The van der Waals surface area contributed by atoms with Gasteiger partial charge in [0.2, 0.25) is 5.91 Å². The highest BCUT2D eigenvalue weighted by atomic mass is 35.5. The highest BCUT2D eigenvalue weighted by molar-refractivity contribution is 6.30. The lowest BCUT2D eigenvalue weighted by molar-refractivity contribution is -0.116. The van der Waals surface area contributed by atoms with E-state index in [9.17, 15) is 14.0 Å². The monoisotopic (exact) mass is 385 g/mol. The van der Waals surface area contributed by atoms with E-state index in [4.69, 9.17) is 11.6 Å². The lowest BCUT2D eigenvalue weighted by Gasteiger charge is -2.14. The van der Waals surface area contributed by atoms with Gasteiger partial charge in [-0.05, 0) is 36.8 Å². The molecular weight excluding hydrogens is 369 g/mol. The molecule has 0 fully saturated rings. The molecule has 5 nitrogen and oxygen atoms in total. The number of benzene rings is 2. The molecule has 1 N–H and O–H groups in total. The Morgan fingerprint density at radius 1 is 1.19 bits per heavy atom. The number of nitrogens with one attached hydrogen (secondary N) is 1. The average molecular weight is 386 g/mol. The van der Waals surface area contributed by atoms with Gasteiger partial charge in [0.15, 0.2) is 0 Å². The van der Waals surface area contributed by atoms with Crippen LogP contribution in [0, 0.1) is 5.82 Å². The van der Waals surface area contributed by atoms with Crippen molar-refractivity contribution in [3.8, 4) is 11.4 Å². The standard InChI is InChI=1S/C20H17ClFN3O2/c1-2-16-11-19(27)25(20(24-16)13-5-3-7-15(22)9-13)12-18(26)23-17-8-4-6-14(21)10-17/h3-11H,2,12H2,1H3,(H,23,26). The highest BCUT2D eigenvalue weighted by Crippen LogP contribution is 2.18. The SMILES string of the molecule is CCc1cc(=O)n(CC(=O)Nc2cccc(Cl)c2)c(-c2cccc(F)c2)n1. The van der Waals surface area contributed by atoms with E-state index in [1.165, 1.54) is 28.8 Å². The van der Waals surface area contributed by atoms with E-state index in [-0.39, 0.29) is 17.9 Å². The molecule has 1 amide bonds. The van der Waals surface area contributed by atoms with Crippen molar-refractivity contribution in [2.45, 2.75) is 19.9 Å². The van der Waals surface area contributed by atoms with Crippen molar-refractivity contribution in [1.82, 2.24) is 9.55 Å². The van der Waals surface area contributed by atoms with Crippen LogP contribution in [0.4, 0.5) is 10.1 Å². The second-order valence-electron chi connectivity index (χ2n) is 5.92. The number of amides is 1. The molecule has 0 aliphatic heterocycles. The Morgan fingerprint density at radius 2 is 1.96 bits per heavy atom. The number of carbonyl (C=O) groups excluding carboxylic acids is 1. The third kappa shape index (κ3) is 4.60. The van der Waals surface area contributed by atoms with Crippen molar-refractivity contribution >= 4 is 23.2 Å². The van der Waals surface area contributed by atoms with E-state index in [2.05, 4.69) is 10.3 Å². The van der Waals surface area contributed by atoms with Gasteiger partial charge in [0, 0.05) is 28.0 Å². The van der Waals surface area contributed by atoms with Gasteiger partial charge >= 0.3 is 0 Å². The third-order valence-electron chi connectivity index (χ3n) is 3.92. The first-order valence-electron chi connectivity index (χ1n) is 8.38. The van der Waals surface area contributed by atoms with Crippen molar-refractivity contribution in [2.75, 3.05) is 5.32 Å². The minimum absolute atomic E-state index is 0.250. The summed E-state index contributed by atoms with van der Waals surface area (Å²) in [6, 6.07) is 13.9. The Bertz CT molecular complexity index is 1050. The quantitative estimate of drug-likeness (QED) is 0.724. The maximum atomic E-state index is 13.6. The predicted octanol–water partition coefficient (Wildman–Crippen LogP) is 3.90. The highest BCUT2D eigenvalue weighted by Gasteiger charge is 2.14. The minimum Gasteiger partial charge on any atom is -0.324 e. The maximum absolute atomic E-state index is 13.6. The number of aromatic nitrogens is 2. The molecule has 27 heavy (non-hydrogen) atoms. The number of carbonyl (C=O) groups is 1. The minimum atomic E-state index is -0.446. The van der Waals surface area contributed by atoms with E-state index >= 15 is 0 Å². The van der Waals surface area contributed by atoms with Crippen LogP contribution in [0.5, 0.6) is 0 Å². The summed E-state index contributed by atoms with van der Waals surface area (Å²) in [5, 5.41) is 3.18. The summed E-state index contributed by atoms with van der Waals surface area (Å²) in [7, 11) is 0. The van der Waals surface area contributed by atoms with Crippen LogP contribution < -0.4 is 10.9 Å². The summed E-state index contributed by atoms with van der Waals surface area (Å²) in [6.45, 7) is 1.61. The summed E-state index contributed by atoms with van der Waals surface area (Å²) < 4.78 is 14.9. The first-order valence-corrected chi connectivity index (χ1v) is 8.76. The summed E-state index contributed by atoms with van der Waals surface area (Å²) in [5.74, 6) is -0.609. The number of nitrogens with zero attached hydrogens (tertiary/aromatic N) is 2. The molecule has 0 saturated carbocycles. The molecule has 2 aromatic carbocycles. The van der Waals surface area contributed by atoms with Gasteiger partial charge in [-0.2, -0.15) is 0 Å². The van der Waals surface area contributed by atoms with Gasteiger partial charge in [0.25, 0.3) is 5.56 Å². The van der Waals surface area contributed by atoms with E-state index in [1.54, 1.807) is 30.3 Å². The number of hydrogen-bond acceptors (Lipinski definition) is 3. The molecule has 138 valence electrons. The van der Waals surface area contributed by atoms with E-state index in [0.717, 1.165) is 0 Å². The molecule has 1 heterocycles. The zero-order valence-corrected chi connectivity index (χ0v) is 15.3. The molecule has 0 aliphatic rings. The first kappa shape index (κ1) is 18.8. The predicted molar refractivity (Wildman–Crippen MR) is 103 cm³/mol. The molecule has 0 unspecified atom stereocenters. The Kier molecular flexibility index (Phi) is 5.66. The maximum Gasteiger partial charge on any atom is 0.254 e.